The molecule has 10 heteroatoms. The van der Waals surface area contributed by atoms with Crippen LogP contribution in [0.15, 0.2) is 30.5 Å². The van der Waals surface area contributed by atoms with Crippen molar-refractivity contribution in [3.8, 4) is 0 Å². The maximum absolute atomic E-state index is 11.9. The number of ether oxygens (including phenoxy) is 1. The number of pyridine rings is 1. The number of halogens is 2. The van der Waals surface area contributed by atoms with E-state index in [1.165, 1.54) is 24.4 Å². The van der Waals surface area contributed by atoms with Crippen molar-refractivity contribution in [2.24, 2.45) is 0 Å². The number of nitrogens with one attached hydrogen (secondary N) is 1. The predicted molar refractivity (Wildman–Crippen MR) is 91.0 cm³/mol. The van der Waals surface area contributed by atoms with Gasteiger partial charge in [-0.25, -0.2) is 9.78 Å². The van der Waals surface area contributed by atoms with Crippen molar-refractivity contribution in [1.29, 1.82) is 0 Å². The van der Waals surface area contributed by atoms with Crippen LogP contribution in [-0.2, 0) is 9.53 Å². The van der Waals surface area contributed by atoms with Gasteiger partial charge >= 0.3 is 5.97 Å². The van der Waals surface area contributed by atoms with Crippen LogP contribution in [-0.4, -0.2) is 28.4 Å². The molecule has 2 aromatic rings. The molecule has 0 aliphatic rings. The molecule has 0 aliphatic carbocycles. The molecule has 0 spiro atoms. The number of aromatic nitrogens is 1. The Morgan fingerprint density at radius 1 is 1.32 bits per heavy atom. The average molecular weight is 384 g/mol. The Kier molecular flexibility index (Phi) is 5.89. The fourth-order valence-electron chi connectivity index (χ4n) is 1.82. The van der Waals surface area contributed by atoms with E-state index in [-0.39, 0.29) is 22.1 Å². The summed E-state index contributed by atoms with van der Waals surface area (Å²) in [5.41, 5.74) is 0.159. The molecule has 2 rings (SSSR count). The minimum atomic E-state index is -0.867. The second-order valence-electron chi connectivity index (χ2n) is 4.87. The van der Waals surface area contributed by atoms with Crippen LogP contribution in [0.2, 0.25) is 10.0 Å². The van der Waals surface area contributed by atoms with E-state index in [2.05, 4.69) is 10.3 Å². The van der Waals surface area contributed by atoms with Crippen LogP contribution in [0.25, 0.3) is 0 Å². The fraction of sp³-hybridized carbons (Fsp3) is 0.133. The summed E-state index contributed by atoms with van der Waals surface area (Å²) in [7, 11) is 0. The molecule has 0 bridgehead atoms. The number of hydrogen-bond donors (Lipinski definition) is 1. The highest BCUT2D eigenvalue weighted by Crippen LogP contribution is 2.22. The lowest BCUT2D eigenvalue weighted by atomic mass is 10.1. The van der Waals surface area contributed by atoms with E-state index in [0.717, 1.165) is 6.07 Å². The van der Waals surface area contributed by atoms with Crippen LogP contribution in [0.4, 0.5) is 11.5 Å². The molecule has 1 amide bonds. The number of aryl methyl sites for hydroxylation is 1. The predicted octanol–water partition coefficient (Wildman–Crippen LogP) is 3.40. The Balaban J connectivity index is 1.98. The molecular formula is C15H11Cl2N3O5. The molecule has 1 heterocycles. The summed E-state index contributed by atoms with van der Waals surface area (Å²) in [6, 6.07) is 5.28. The standard InChI is InChI=1S/C15H11Cl2N3O5/c1-8-2-3-9(4-12(8)20(23)24)15(22)25-7-13(21)19-14-11(17)5-10(16)6-18-14/h2-6H,7H2,1H3,(H,18,19,21). The Hall–Kier alpha value is -2.71. The number of esters is 1. The first-order valence-electron chi connectivity index (χ1n) is 6.81. The van der Waals surface area contributed by atoms with E-state index in [1.54, 1.807) is 6.92 Å². The van der Waals surface area contributed by atoms with Crippen LogP contribution in [0.1, 0.15) is 15.9 Å². The number of nitrogens with zero attached hydrogens (tertiary/aromatic N) is 2. The molecule has 1 aromatic heterocycles. The van der Waals surface area contributed by atoms with Gasteiger partial charge in [-0.1, -0.05) is 29.3 Å². The van der Waals surface area contributed by atoms with Gasteiger partial charge in [0.25, 0.3) is 11.6 Å². The van der Waals surface area contributed by atoms with Crippen molar-refractivity contribution >= 4 is 46.6 Å². The molecule has 0 radical (unpaired) electrons. The van der Waals surface area contributed by atoms with E-state index in [1.807, 2.05) is 0 Å². The van der Waals surface area contributed by atoms with Gasteiger partial charge in [-0.05, 0) is 19.1 Å². The lowest BCUT2D eigenvalue weighted by Crippen LogP contribution is -2.21. The number of anilines is 1. The first kappa shape index (κ1) is 18.6. The van der Waals surface area contributed by atoms with Crippen LogP contribution in [0.5, 0.6) is 0 Å². The molecule has 130 valence electrons. The van der Waals surface area contributed by atoms with Crippen LogP contribution >= 0.6 is 23.2 Å². The van der Waals surface area contributed by atoms with Gasteiger partial charge in [0.1, 0.15) is 0 Å². The van der Waals surface area contributed by atoms with E-state index in [4.69, 9.17) is 27.9 Å². The van der Waals surface area contributed by atoms with Gasteiger partial charge in [0.15, 0.2) is 12.4 Å². The molecule has 0 fully saturated rings. The topological polar surface area (TPSA) is 111 Å². The molecule has 8 nitrogen and oxygen atoms in total. The van der Waals surface area contributed by atoms with Crippen molar-refractivity contribution < 1.29 is 19.2 Å². The summed E-state index contributed by atoms with van der Waals surface area (Å²) in [6.45, 7) is 0.935. The molecule has 1 N–H and O–H groups in total. The maximum atomic E-state index is 11.9. The highest BCUT2D eigenvalue weighted by atomic mass is 35.5. The maximum Gasteiger partial charge on any atom is 0.338 e. The molecule has 1 aromatic carbocycles. The number of hydrogen-bond acceptors (Lipinski definition) is 6. The zero-order valence-corrected chi connectivity index (χ0v) is 14.3. The third-order valence-corrected chi connectivity index (χ3v) is 3.54. The van der Waals surface area contributed by atoms with Crippen LogP contribution in [0.3, 0.4) is 0 Å². The number of benzene rings is 1. The second-order valence-corrected chi connectivity index (χ2v) is 5.71. The van der Waals surface area contributed by atoms with Gasteiger partial charge in [-0.3, -0.25) is 14.9 Å². The van der Waals surface area contributed by atoms with Crippen molar-refractivity contribution in [2.45, 2.75) is 6.92 Å². The normalized spacial score (nSPS) is 10.2. The van der Waals surface area contributed by atoms with E-state index in [0.29, 0.717) is 10.6 Å². The Bertz CT molecular complexity index is 857. The van der Waals surface area contributed by atoms with Crippen molar-refractivity contribution in [3.63, 3.8) is 0 Å². The summed E-state index contributed by atoms with van der Waals surface area (Å²) in [5, 5.41) is 13.7. The van der Waals surface area contributed by atoms with E-state index in [9.17, 15) is 19.7 Å². The fourth-order valence-corrected chi connectivity index (χ4v) is 2.25. The van der Waals surface area contributed by atoms with E-state index >= 15 is 0 Å². The number of rotatable bonds is 5. The SMILES string of the molecule is Cc1ccc(C(=O)OCC(=O)Nc2ncc(Cl)cc2Cl)cc1[N+](=O)[O-]. The summed E-state index contributed by atoms with van der Waals surface area (Å²) in [5.74, 6) is -1.47. The summed E-state index contributed by atoms with van der Waals surface area (Å²) < 4.78 is 4.83. The number of nitro groups is 1. The third-order valence-electron chi connectivity index (χ3n) is 3.04. The first-order valence-corrected chi connectivity index (χ1v) is 7.56. The number of amides is 1. The molecule has 0 saturated heterocycles. The van der Waals surface area contributed by atoms with Crippen molar-refractivity contribution in [2.75, 3.05) is 11.9 Å². The molecule has 0 aliphatic heterocycles. The molecular weight excluding hydrogens is 373 g/mol. The summed E-state index contributed by atoms with van der Waals surface area (Å²) >= 11 is 11.6. The Morgan fingerprint density at radius 2 is 2.04 bits per heavy atom. The first-order chi connectivity index (χ1) is 11.8. The number of nitro benzene ring substituents is 1. The Labute approximate surface area is 151 Å². The van der Waals surface area contributed by atoms with Crippen LogP contribution in [0, 0.1) is 17.0 Å². The average Bonchev–Trinajstić information content (AvgIpc) is 2.55. The molecule has 0 unspecified atom stereocenters. The smallest absolute Gasteiger partial charge is 0.338 e. The second kappa shape index (κ2) is 7.91. The molecule has 0 saturated carbocycles. The highest BCUT2D eigenvalue weighted by molar-refractivity contribution is 6.36. The molecule has 0 atom stereocenters. The monoisotopic (exact) mass is 383 g/mol. The summed E-state index contributed by atoms with van der Waals surface area (Å²) in [6.07, 6.45) is 1.29. The highest BCUT2D eigenvalue weighted by Gasteiger charge is 2.17. The Morgan fingerprint density at radius 3 is 2.68 bits per heavy atom. The lowest BCUT2D eigenvalue weighted by Gasteiger charge is -2.08. The van der Waals surface area contributed by atoms with E-state index < -0.39 is 23.4 Å². The van der Waals surface area contributed by atoms with Gasteiger partial charge in [-0.2, -0.15) is 0 Å². The van der Waals surface area contributed by atoms with Gasteiger partial charge in [0.05, 0.1) is 20.5 Å². The van der Waals surface area contributed by atoms with Gasteiger partial charge in [0, 0.05) is 17.8 Å². The largest absolute Gasteiger partial charge is 0.452 e. The summed E-state index contributed by atoms with van der Waals surface area (Å²) in [4.78, 5) is 37.8. The molecule has 25 heavy (non-hydrogen) atoms. The van der Waals surface area contributed by atoms with Crippen LogP contribution < -0.4 is 5.32 Å². The minimum Gasteiger partial charge on any atom is -0.452 e. The van der Waals surface area contributed by atoms with Gasteiger partial charge in [-0.15, -0.1) is 0 Å². The van der Waals surface area contributed by atoms with Gasteiger partial charge < -0.3 is 10.1 Å². The number of carbonyl (C=O) groups is 2. The zero-order chi connectivity index (χ0) is 18.6. The van der Waals surface area contributed by atoms with Crippen molar-refractivity contribution in [1.82, 2.24) is 4.98 Å². The third kappa shape index (κ3) is 4.88. The zero-order valence-electron chi connectivity index (χ0n) is 12.8. The quantitative estimate of drug-likeness (QED) is 0.481. The van der Waals surface area contributed by atoms with Gasteiger partial charge in [0.2, 0.25) is 0 Å². The lowest BCUT2D eigenvalue weighted by molar-refractivity contribution is -0.385. The van der Waals surface area contributed by atoms with Crippen molar-refractivity contribution in [3.05, 3.63) is 61.7 Å². The minimum absolute atomic E-state index is 0.0345. The number of carbonyl (C=O) groups excluding carboxylic acids is 2.